The summed E-state index contributed by atoms with van der Waals surface area (Å²) in [5.74, 6) is 2.25. The van der Waals surface area contributed by atoms with E-state index in [0.29, 0.717) is 12.0 Å². The van der Waals surface area contributed by atoms with Gasteiger partial charge in [0.25, 0.3) is 0 Å². The Labute approximate surface area is 179 Å². The van der Waals surface area contributed by atoms with Crippen LogP contribution in [0.15, 0.2) is 30.7 Å². The highest BCUT2D eigenvalue weighted by Crippen LogP contribution is 2.31. The molecule has 0 saturated heterocycles. The molecular formula is C21H26N8S. The molecule has 0 aromatic carbocycles. The molecule has 0 unspecified atom stereocenters. The van der Waals surface area contributed by atoms with Gasteiger partial charge in [0, 0.05) is 25.5 Å². The Hall–Kier alpha value is -2.94. The first kappa shape index (κ1) is 19.0. The molecule has 156 valence electrons. The number of hydrogen-bond donors (Lipinski definition) is 2. The van der Waals surface area contributed by atoms with Crippen LogP contribution in [-0.4, -0.2) is 34.7 Å². The maximum Gasteiger partial charge on any atom is 0.230 e. The zero-order chi connectivity index (χ0) is 20.7. The molecule has 0 atom stereocenters. The van der Waals surface area contributed by atoms with Crippen molar-refractivity contribution in [3.05, 3.63) is 36.4 Å². The van der Waals surface area contributed by atoms with Crippen molar-refractivity contribution < 1.29 is 0 Å². The number of nitrogens with one attached hydrogen (secondary N) is 2. The summed E-state index contributed by atoms with van der Waals surface area (Å²) in [6.45, 7) is 4.32. The van der Waals surface area contributed by atoms with Crippen molar-refractivity contribution in [1.82, 2.24) is 28.7 Å². The molecule has 1 aliphatic rings. The number of hydrogen-bond acceptors (Lipinski definition) is 7. The second-order valence-corrected chi connectivity index (χ2v) is 9.05. The summed E-state index contributed by atoms with van der Waals surface area (Å²) >= 11 is 1.42. The predicted molar refractivity (Wildman–Crippen MR) is 121 cm³/mol. The van der Waals surface area contributed by atoms with Crippen molar-refractivity contribution in [2.75, 3.05) is 10.6 Å². The Bertz CT molecular complexity index is 1170. The quantitative estimate of drug-likeness (QED) is 0.487. The van der Waals surface area contributed by atoms with Gasteiger partial charge in [0.2, 0.25) is 5.95 Å². The first-order valence-electron chi connectivity index (χ1n) is 10.4. The van der Waals surface area contributed by atoms with Crippen LogP contribution < -0.4 is 10.6 Å². The molecule has 5 rings (SSSR count). The van der Waals surface area contributed by atoms with Gasteiger partial charge in [-0.05, 0) is 62.2 Å². The minimum absolute atomic E-state index is 0.426. The van der Waals surface area contributed by atoms with E-state index >= 15 is 0 Å². The third-order valence-electron chi connectivity index (χ3n) is 5.72. The minimum atomic E-state index is 0.426. The standard InChI is InChI=1S/C21H26N8S/c1-13-4-6-15(7-5-13)23-20-19-17(8-9-29(19)16-11-22-28(3)12-16)24-21(26-20)25-18-10-14(2)27-30-18/h8-13,15H,4-7H2,1-3H3,(H2,23,24,25,26)/t13-,15+. The lowest BCUT2D eigenvalue weighted by Gasteiger charge is -2.27. The van der Waals surface area contributed by atoms with E-state index in [1.807, 2.05) is 44.7 Å². The van der Waals surface area contributed by atoms with E-state index in [0.717, 1.165) is 52.0 Å². The molecular weight excluding hydrogens is 396 g/mol. The highest BCUT2D eigenvalue weighted by atomic mass is 32.1. The number of fused-ring (bicyclic) bond motifs is 1. The van der Waals surface area contributed by atoms with Crippen molar-refractivity contribution in [2.45, 2.75) is 45.6 Å². The van der Waals surface area contributed by atoms with Gasteiger partial charge in [-0.2, -0.15) is 14.5 Å². The van der Waals surface area contributed by atoms with Crippen molar-refractivity contribution in [3.8, 4) is 5.69 Å². The lowest BCUT2D eigenvalue weighted by molar-refractivity contribution is 0.361. The lowest BCUT2D eigenvalue weighted by Crippen LogP contribution is -2.26. The van der Waals surface area contributed by atoms with Gasteiger partial charge in [0.05, 0.1) is 23.1 Å². The van der Waals surface area contributed by atoms with Gasteiger partial charge in [-0.1, -0.05) is 6.92 Å². The molecule has 0 spiro atoms. The highest BCUT2D eigenvalue weighted by Gasteiger charge is 2.21. The molecule has 1 aliphatic carbocycles. The Morgan fingerprint density at radius 1 is 1.17 bits per heavy atom. The summed E-state index contributed by atoms with van der Waals surface area (Å²) in [5, 5.41) is 12.3. The fourth-order valence-electron chi connectivity index (χ4n) is 4.08. The number of rotatable bonds is 5. The number of anilines is 3. The first-order chi connectivity index (χ1) is 14.5. The van der Waals surface area contributed by atoms with Crippen LogP contribution in [0.1, 0.15) is 38.3 Å². The van der Waals surface area contributed by atoms with Gasteiger partial charge < -0.3 is 15.2 Å². The normalized spacial score (nSPS) is 19.3. The minimum Gasteiger partial charge on any atom is -0.365 e. The summed E-state index contributed by atoms with van der Waals surface area (Å²) in [6, 6.07) is 4.46. The van der Waals surface area contributed by atoms with E-state index < -0.39 is 0 Å². The Morgan fingerprint density at radius 2 is 2.00 bits per heavy atom. The van der Waals surface area contributed by atoms with Crippen LogP contribution in [0.2, 0.25) is 0 Å². The second kappa shape index (κ2) is 7.71. The largest absolute Gasteiger partial charge is 0.365 e. The van der Waals surface area contributed by atoms with Crippen LogP contribution >= 0.6 is 11.5 Å². The van der Waals surface area contributed by atoms with Gasteiger partial charge in [-0.25, -0.2) is 4.98 Å². The molecule has 0 aliphatic heterocycles. The third kappa shape index (κ3) is 3.77. The summed E-state index contributed by atoms with van der Waals surface area (Å²) in [5.41, 5.74) is 3.85. The van der Waals surface area contributed by atoms with Crippen LogP contribution in [0.4, 0.5) is 16.8 Å². The molecule has 0 bridgehead atoms. The van der Waals surface area contributed by atoms with E-state index in [-0.39, 0.29) is 0 Å². The molecule has 4 aromatic rings. The topological polar surface area (TPSA) is 85.5 Å². The summed E-state index contributed by atoms with van der Waals surface area (Å²) in [7, 11) is 1.92. The van der Waals surface area contributed by atoms with Gasteiger partial charge in [0.1, 0.15) is 10.5 Å². The molecule has 0 amide bonds. The maximum atomic E-state index is 4.88. The van der Waals surface area contributed by atoms with Crippen molar-refractivity contribution in [2.24, 2.45) is 13.0 Å². The summed E-state index contributed by atoms with van der Waals surface area (Å²) < 4.78 is 8.25. The fraction of sp³-hybridized carbons (Fsp3) is 0.429. The van der Waals surface area contributed by atoms with E-state index in [9.17, 15) is 0 Å². The fourth-order valence-corrected chi connectivity index (χ4v) is 4.74. The zero-order valence-electron chi connectivity index (χ0n) is 17.5. The summed E-state index contributed by atoms with van der Waals surface area (Å²) in [4.78, 5) is 9.65. The van der Waals surface area contributed by atoms with E-state index in [1.165, 1.54) is 24.4 Å². The van der Waals surface area contributed by atoms with Crippen LogP contribution in [0.3, 0.4) is 0 Å². The molecule has 4 heterocycles. The van der Waals surface area contributed by atoms with Gasteiger partial charge in [-0.15, -0.1) is 0 Å². The van der Waals surface area contributed by atoms with Gasteiger partial charge in [-0.3, -0.25) is 4.68 Å². The Kier molecular flexibility index (Phi) is 4.90. The van der Waals surface area contributed by atoms with Crippen LogP contribution in [0.5, 0.6) is 0 Å². The number of aryl methyl sites for hydroxylation is 2. The number of nitrogens with zero attached hydrogens (tertiary/aromatic N) is 6. The Balaban J connectivity index is 1.55. The smallest absolute Gasteiger partial charge is 0.230 e. The van der Waals surface area contributed by atoms with Gasteiger partial charge >= 0.3 is 0 Å². The maximum absolute atomic E-state index is 4.88. The molecule has 4 aromatic heterocycles. The predicted octanol–water partition coefficient (Wildman–Crippen LogP) is 4.65. The monoisotopic (exact) mass is 422 g/mol. The average Bonchev–Trinajstić information content (AvgIpc) is 3.44. The summed E-state index contributed by atoms with van der Waals surface area (Å²) in [6.07, 6.45) is 10.7. The Morgan fingerprint density at radius 3 is 2.70 bits per heavy atom. The van der Waals surface area contributed by atoms with E-state index in [1.54, 1.807) is 4.68 Å². The molecule has 1 fully saturated rings. The van der Waals surface area contributed by atoms with Crippen LogP contribution in [0.25, 0.3) is 16.7 Å². The SMILES string of the molecule is Cc1cc(Nc2nc(N[C@H]3CC[C@@H](C)CC3)c3c(ccn3-c3cnn(C)c3)n2)sn1. The molecule has 1 saturated carbocycles. The van der Waals surface area contributed by atoms with Crippen molar-refractivity contribution in [3.63, 3.8) is 0 Å². The lowest BCUT2D eigenvalue weighted by atomic mass is 9.87. The van der Waals surface area contributed by atoms with Gasteiger partial charge in [0.15, 0.2) is 5.82 Å². The average molecular weight is 423 g/mol. The van der Waals surface area contributed by atoms with E-state index in [4.69, 9.17) is 9.97 Å². The first-order valence-corrected chi connectivity index (χ1v) is 11.2. The molecule has 9 heteroatoms. The number of aromatic nitrogens is 6. The molecule has 0 radical (unpaired) electrons. The molecule has 2 N–H and O–H groups in total. The zero-order valence-corrected chi connectivity index (χ0v) is 18.3. The van der Waals surface area contributed by atoms with Crippen LogP contribution in [-0.2, 0) is 7.05 Å². The second-order valence-electron chi connectivity index (χ2n) is 8.25. The van der Waals surface area contributed by atoms with E-state index in [2.05, 4.69) is 31.6 Å². The molecule has 8 nitrogen and oxygen atoms in total. The van der Waals surface area contributed by atoms with Crippen LogP contribution in [0, 0.1) is 12.8 Å². The third-order valence-corrected chi connectivity index (χ3v) is 6.52. The van der Waals surface area contributed by atoms with Crippen molar-refractivity contribution in [1.29, 1.82) is 0 Å². The van der Waals surface area contributed by atoms with Crippen molar-refractivity contribution >= 4 is 39.3 Å². The molecule has 30 heavy (non-hydrogen) atoms. The highest BCUT2D eigenvalue weighted by molar-refractivity contribution is 7.10.